The van der Waals surface area contributed by atoms with Crippen LogP contribution in [0.4, 0.5) is 0 Å². The summed E-state index contributed by atoms with van der Waals surface area (Å²) in [5.41, 5.74) is 1.53. The van der Waals surface area contributed by atoms with Crippen LogP contribution < -0.4 is 10.6 Å². The number of hydrogen-bond donors (Lipinski definition) is 2. The van der Waals surface area contributed by atoms with Gasteiger partial charge in [0.25, 0.3) is 5.91 Å². The van der Waals surface area contributed by atoms with Gasteiger partial charge in [0.05, 0.1) is 6.04 Å². The Bertz CT molecular complexity index is 649. The predicted molar refractivity (Wildman–Crippen MR) is 88.7 cm³/mol. The normalized spacial score (nSPS) is 18.1. The number of carbonyl (C=O) groups is 1. The lowest BCUT2D eigenvalue weighted by atomic mass is 10.1. The molecule has 0 radical (unpaired) electrons. The summed E-state index contributed by atoms with van der Waals surface area (Å²) < 4.78 is 2.91. The number of piperidine rings is 1. The molecule has 1 unspecified atom stereocenters. The van der Waals surface area contributed by atoms with Gasteiger partial charge in [-0.1, -0.05) is 28.1 Å². The fourth-order valence-electron chi connectivity index (χ4n) is 2.64. The third kappa shape index (κ3) is 3.75. The van der Waals surface area contributed by atoms with Gasteiger partial charge in [-0.25, -0.2) is 0 Å². The van der Waals surface area contributed by atoms with Crippen LogP contribution >= 0.6 is 15.9 Å². The molecule has 1 atom stereocenters. The molecular weight excluding hydrogens is 344 g/mol. The monoisotopic (exact) mass is 362 g/mol. The maximum Gasteiger partial charge on any atom is 0.272 e. The van der Waals surface area contributed by atoms with Crippen LogP contribution in [0.5, 0.6) is 0 Å². The second-order valence-corrected chi connectivity index (χ2v) is 6.41. The summed E-state index contributed by atoms with van der Waals surface area (Å²) in [5, 5.41) is 10.7. The molecule has 1 fully saturated rings. The molecule has 3 rings (SSSR count). The molecule has 2 aromatic rings. The van der Waals surface area contributed by atoms with Crippen molar-refractivity contribution in [2.24, 2.45) is 0 Å². The molecule has 2 heterocycles. The molecule has 1 aliphatic rings. The molecule has 0 aliphatic carbocycles. The van der Waals surface area contributed by atoms with E-state index in [1.54, 1.807) is 6.07 Å². The topological polar surface area (TPSA) is 59.0 Å². The van der Waals surface area contributed by atoms with Crippen molar-refractivity contribution in [3.8, 4) is 0 Å². The van der Waals surface area contributed by atoms with Crippen molar-refractivity contribution < 1.29 is 4.79 Å². The Morgan fingerprint density at radius 2 is 2.36 bits per heavy atom. The first-order chi connectivity index (χ1) is 10.7. The van der Waals surface area contributed by atoms with Gasteiger partial charge in [-0.15, -0.1) is 0 Å². The first-order valence-corrected chi connectivity index (χ1v) is 8.30. The van der Waals surface area contributed by atoms with Gasteiger partial charge in [0.1, 0.15) is 5.69 Å². The van der Waals surface area contributed by atoms with Gasteiger partial charge in [0.15, 0.2) is 0 Å². The van der Waals surface area contributed by atoms with Crippen molar-refractivity contribution in [2.75, 3.05) is 13.1 Å². The summed E-state index contributed by atoms with van der Waals surface area (Å²) in [5.74, 6) is -0.137. The average Bonchev–Trinajstić information content (AvgIpc) is 3.04. The van der Waals surface area contributed by atoms with Gasteiger partial charge >= 0.3 is 0 Å². The Morgan fingerprint density at radius 3 is 3.14 bits per heavy atom. The lowest BCUT2D eigenvalue weighted by Crippen LogP contribution is -2.32. The molecule has 1 amide bonds. The molecule has 6 heteroatoms. The molecule has 5 nitrogen and oxygen atoms in total. The number of carbonyl (C=O) groups excluding carboxylic acids is 1. The number of rotatable bonds is 4. The summed E-state index contributed by atoms with van der Waals surface area (Å²) in [7, 11) is 0. The molecular formula is C16H19BrN4O. The molecule has 0 bridgehead atoms. The zero-order chi connectivity index (χ0) is 15.4. The Hall–Kier alpha value is -1.66. The van der Waals surface area contributed by atoms with E-state index in [1.165, 1.54) is 0 Å². The largest absolute Gasteiger partial charge is 0.347 e. The molecule has 1 aliphatic heterocycles. The molecule has 1 aromatic carbocycles. The lowest BCUT2D eigenvalue weighted by molar-refractivity contribution is 0.0944. The van der Waals surface area contributed by atoms with E-state index in [-0.39, 0.29) is 5.91 Å². The van der Waals surface area contributed by atoms with Crippen LogP contribution in [0.25, 0.3) is 0 Å². The van der Waals surface area contributed by atoms with E-state index in [0.29, 0.717) is 18.3 Å². The number of halogens is 1. The molecule has 0 spiro atoms. The van der Waals surface area contributed by atoms with E-state index >= 15 is 0 Å². The summed E-state index contributed by atoms with van der Waals surface area (Å²) in [6.45, 7) is 2.48. The smallest absolute Gasteiger partial charge is 0.272 e. The van der Waals surface area contributed by atoms with Crippen LogP contribution in [0.15, 0.2) is 41.0 Å². The van der Waals surface area contributed by atoms with E-state index < -0.39 is 0 Å². The summed E-state index contributed by atoms with van der Waals surface area (Å²) in [6, 6.07) is 10.0. The second-order valence-electron chi connectivity index (χ2n) is 5.49. The van der Waals surface area contributed by atoms with Crippen LogP contribution in [-0.4, -0.2) is 28.8 Å². The minimum absolute atomic E-state index is 0.137. The highest BCUT2D eigenvalue weighted by atomic mass is 79.9. The Morgan fingerprint density at radius 1 is 1.45 bits per heavy atom. The van der Waals surface area contributed by atoms with Gasteiger partial charge in [-0.3, -0.25) is 9.48 Å². The summed E-state index contributed by atoms with van der Waals surface area (Å²) >= 11 is 3.43. The number of nitrogens with one attached hydrogen (secondary N) is 2. The Kier molecular flexibility index (Phi) is 4.90. The van der Waals surface area contributed by atoms with Crippen LogP contribution in [0.1, 0.15) is 34.9 Å². The third-order valence-corrected chi connectivity index (χ3v) is 4.32. The van der Waals surface area contributed by atoms with Gasteiger partial charge in [0, 0.05) is 23.8 Å². The fraction of sp³-hybridized carbons (Fsp3) is 0.375. The van der Waals surface area contributed by atoms with E-state index in [4.69, 9.17) is 0 Å². The molecule has 2 N–H and O–H groups in total. The first-order valence-electron chi connectivity index (χ1n) is 7.51. The highest BCUT2D eigenvalue weighted by Gasteiger charge is 2.17. The minimum atomic E-state index is -0.137. The van der Waals surface area contributed by atoms with E-state index in [2.05, 4.69) is 31.7 Å². The van der Waals surface area contributed by atoms with Crippen molar-refractivity contribution in [1.29, 1.82) is 0 Å². The quantitative estimate of drug-likeness (QED) is 0.878. The fourth-order valence-corrected chi connectivity index (χ4v) is 3.09. The van der Waals surface area contributed by atoms with Crippen molar-refractivity contribution in [3.63, 3.8) is 0 Å². The second kappa shape index (κ2) is 7.07. The summed E-state index contributed by atoms with van der Waals surface area (Å²) in [6.07, 6.45) is 4.15. The minimum Gasteiger partial charge on any atom is -0.347 e. The molecule has 116 valence electrons. The molecule has 1 aromatic heterocycles. The highest BCUT2D eigenvalue weighted by molar-refractivity contribution is 9.10. The number of aromatic nitrogens is 2. The lowest BCUT2D eigenvalue weighted by Gasteiger charge is -2.22. The molecule has 1 saturated heterocycles. The average molecular weight is 363 g/mol. The van der Waals surface area contributed by atoms with Crippen molar-refractivity contribution in [3.05, 3.63) is 52.3 Å². The highest BCUT2D eigenvalue weighted by Crippen LogP contribution is 2.16. The standard InChI is InChI=1S/C16H19BrN4O/c17-13-4-1-3-12(9-13)10-19-16(22)15-6-8-21(20-15)14-5-2-7-18-11-14/h1,3-4,6,8-9,14,18H,2,5,7,10-11H2,(H,19,22). The first kappa shape index (κ1) is 15.2. The number of hydrogen-bond acceptors (Lipinski definition) is 3. The van der Waals surface area contributed by atoms with Gasteiger partial charge in [-0.2, -0.15) is 5.10 Å². The number of benzene rings is 1. The summed E-state index contributed by atoms with van der Waals surface area (Å²) in [4.78, 5) is 12.2. The van der Waals surface area contributed by atoms with Crippen LogP contribution in [0, 0.1) is 0 Å². The van der Waals surface area contributed by atoms with Gasteiger partial charge in [-0.05, 0) is 43.1 Å². The van der Waals surface area contributed by atoms with Gasteiger partial charge < -0.3 is 10.6 Å². The van der Waals surface area contributed by atoms with Gasteiger partial charge in [0.2, 0.25) is 0 Å². The van der Waals surface area contributed by atoms with Crippen molar-refractivity contribution in [2.45, 2.75) is 25.4 Å². The number of amides is 1. The van der Waals surface area contributed by atoms with Crippen LogP contribution in [-0.2, 0) is 6.54 Å². The van der Waals surface area contributed by atoms with E-state index in [1.807, 2.05) is 35.1 Å². The zero-order valence-corrected chi connectivity index (χ0v) is 13.8. The van der Waals surface area contributed by atoms with Crippen molar-refractivity contribution >= 4 is 21.8 Å². The maximum absolute atomic E-state index is 12.2. The van der Waals surface area contributed by atoms with E-state index in [9.17, 15) is 4.79 Å². The van der Waals surface area contributed by atoms with Crippen LogP contribution in [0.2, 0.25) is 0 Å². The number of nitrogens with zero attached hydrogens (tertiary/aromatic N) is 2. The van der Waals surface area contributed by atoms with Crippen LogP contribution in [0.3, 0.4) is 0 Å². The predicted octanol–water partition coefficient (Wildman–Crippen LogP) is 2.50. The molecule has 22 heavy (non-hydrogen) atoms. The SMILES string of the molecule is O=C(NCc1cccc(Br)c1)c1ccn(C2CCCNC2)n1. The Balaban J connectivity index is 1.59. The zero-order valence-electron chi connectivity index (χ0n) is 12.3. The maximum atomic E-state index is 12.2. The van der Waals surface area contributed by atoms with E-state index in [0.717, 1.165) is 36.0 Å². The molecule has 0 saturated carbocycles. The van der Waals surface area contributed by atoms with Crippen molar-refractivity contribution in [1.82, 2.24) is 20.4 Å². The third-order valence-electron chi connectivity index (χ3n) is 3.83. The Labute approximate surface area is 138 Å².